The highest BCUT2D eigenvalue weighted by atomic mass is 16.2. The van der Waals surface area contributed by atoms with Gasteiger partial charge in [0.05, 0.1) is 0 Å². The molecule has 0 unspecified atom stereocenters. The van der Waals surface area contributed by atoms with E-state index in [4.69, 9.17) is 5.73 Å². The number of pyridine rings is 1. The molecule has 0 spiro atoms. The van der Waals surface area contributed by atoms with Crippen molar-refractivity contribution in [2.75, 3.05) is 18.8 Å². The van der Waals surface area contributed by atoms with Gasteiger partial charge in [-0.25, -0.2) is 0 Å². The first-order chi connectivity index (χ1) is 8.06. The van der Waals surface area contributed by atoms with Crippen LogP contribution in [0.1, 0.15) is 10.5 Å². The number of carbonyl (C=O) groups excluding carboxylic acids is 3. The minimum Gasteiger partial charge on any atom is -0.399 e. The van der Waals surface area contributed by atoms with Crippen LogP contribution in [0.25, 0.3) is 0 Å². The van der Waals surface area contributed by atoms with E-state index in [-0.39, 0.29) is 18.8 Å². The van der Waals surface area contributed by atoms with E-state index in [1.54, 1.807) is 6.07 Å². The van der Waals surface area contributed by atoms with E-state index in [1.165, 1.54) is 12.3 Å². The molecule has 0 bridgehead atoms. The third-order valence-electron chi connectivity index (χ3n) is 2.24. The molecule has 2 rings (SSSR count). The number of carbonyl (C=O) groups is 3. The van der Waals surface area contributed by atoms with Gasteiger partial charge in [-0.3, -0.25) is 24.7 Å². The third kappa shape index (κ3) is 2.39. The molecule has 3 amide bonds. The first-order valence-electron chi connectivity index (χ1n) is 4.90. The van der Waals surface area contributed by atoms with Crippen LogP contribution in [0.3, 0.4) is 0 Å². The van der Waals surface area contributed by atoms with Crippen molar-refractivity contribution in [2.45, 2.75) is 0 Å². The molecule has 7 nitrogen and oxygen atoms in total. The van der Waals surface area contributed by atoms with Crippen molar-refractivity contribution in [2.24, 2.45) is 0 Å². The Bertz CT molecular complexity index is 484. The summed E-state index contributed by atoms with van der Waals surface area (Å²) in [6, 6.07) is 2.95. The number of nitrogen functional groups attached to an aromatic ring is 1. The second-order valence-electron chi connectivity index (χ2n) is 3.61. The Balaban J connectivity index is 2.20. The monoisotopic (exact) mass is 234 g/mol. The van der Waals surface area contributed by atoms with Crippen LogP contribution in [0.15, 0.2) is 18.3 Å². The number of hydrogen-bond acceptors (Lipinski definition) is 5. The molecule has 1 aromatic heterocycles. The summed E-state index contributed by atoms with van der Waals surface area (Å²) < 4.78 is 0. The zero-order valence-electron chi connectivity index (χ0n) is 8.84. The van der Waals surface area contributed by atoms with Crippen LogP contribution in [-0.4, -0.2) is 40.7 Å². The van der Waals surface area contributed by atoms with Crippen LogP contribution in [0.4, 0.5) is 5.69 Å². The summed E-state index contributed by atoms with van der Waals surface area (Å²) in [5.74, 6) is -1.49. The summed E-state index contributed by atoms with van der Waals surface area (Å²) in [6.07, 6.45) is 1.40. The lowest BCUT2D eigenvalue weighted by Crippen LogP contribution is -2.53. The number of nitrogens with two attached hydrogens (primary N) is 1. The van der Waals surface area contributed by atoms with Gasteiger partial charge in [0.25, 0.3) is 5.91 Å². The Labute approximate surface area is 96.6 Å². The number of hydrogen-bond donors (Lipinski definition) is 2. The highest BCUT2D eigenvalue weighted by Gasteiger charge is 2.27. The fourth-order valence-electron chi connectivity index (χ4n) is 1.51. The molecule has 1 aliphatic rings. The molecule has 7 heteroatoms. The number of nitrogens with zero attached hydrogens (tertiary/aromatic N) is 2. The van der Waals surface area contributed by atoms with Gasteiger partial charge in [-0.2, -0.15) is 0 Å². The van der Waals surface area contributed by atoms with Crippen molar-refractivity contribution in [1.29, 1.82) is 0 Å². The van der Waals surface area contributed by atoms with E-state index in [9.17, 15) is 14.4 Å². The molecule has 1 saturated heterocycles. The van der Waals surface area contributed by atoms with Crippen LogP contribution in [0, 0.1) is 0 Å². The fourth-order valence-corrected chi connectivity index (χ4v) is 1.51. The molecule has 0 aliphatic carbocycles. The zero-order chi connectivity index (χ0) is 12.4. The van der Waals surface area contributed by atoms with Crippen LogP contribution < -0.4 is 11.1 Å². The predicted molar refractivity (Wildman–Crippen MR) is 57.7 cm³/mol. The lowest BCUT2D eigenvalue weighted by molar-refractivity contribution is -0.135. The molecule has 17 heavy (non-hydrogen) atoms. The smallest absolute Gasteiger partial charge is 0.273 e. The van der Waals surface area contributed by atoms with Crippen molar-refractivity contribution in [3.05, 3.63) is 24.0 Å². The third-order valence-corrected chi connectivity index (χ3v) is 2.24. The van der Waals surface area contributed by atoms with Gasteiger partial charge >= 0.3 is 0 Å². The maximum Gasteiger partial charge on any atom is 0.273 e. The molecule has 88 valence electrons. The molecule has 1 aromatic rings. The summed E-state index contributed by atoms with van der Waals surface area (Å²) in [7, 11) is 0. The topological polar surface area (TPSA) is 105 Å². The Morgan fingerprint density at radius 2 is 2.00 bits per heavy atom. The number of aromatic nitrogens is 1. The highest BCUT2D eigenvalue weighted by Crippen LogP contribution is 2.07. The van der Waals surface area contributed by atoms with E-state index >= 15 is 0 Å². The van der Waals surface area contributed by atoms with Crippen molar-refractivity contribution >= 4 is 23.4 Å². The zero-order valence-corrected chi connectivity index (χ0v) is 8.84. The number of amides is 3. The molecule has 1 fully saturated rings. The van der Waals surface area contributed by atoms with E-state index in [1.807, 2.05) is 0 Å². The summed E-state index contributed by atoms with van der Waals surface area (Å²) in [5, 5.41) is 2.11. The lowest BCUT2D eigenvalue weighted by atomic mass is 10.2. The van der Waals surface area contributed by atoms with Gasteiger partial charge in [-0.1, -0.05) is 0 Å². The number of piperazine rings is 1. The van der Waals surface area contributed by atoms with Gasteiger partial charge in [0.2, 0.25) is 11.8 Å². The summed E-state index contributed by atoms with van der Waals surface area (Å²) in [4.78, 5) is 39.1. The predicted octanol–water partition coefficient (Wildman–Crippen LogP) is -1.24. The molecule has 3 N–H and O–H groups in total. The van der Waals surface area contributed by atoms with Gasteiger partial charge < -0.3 is 10.6 Å². The van der Waals surface area contributed by atoms with Gasteiger partial charge in [-0.05, 0) is 12.1 Å². The van der Waals surface area contributed by atoms with Gasteiger partial charge in [0.1, 0.15) is 18.8 Å². The van der Waals surface area contributed by atoms with E-state index in [0.717, 1.165) is 4.90 Å². The molecule has 0 atom stereocenters. The minimum absolute atomic E-state index is 0.118. The fraction of sp³-hybridized carbons (Fsp3) is 0.200. The number of nitrogens with one attached hydrogen (secondary N) is 1. The molecule has 0 radical (unpaired) electrons. The largest absolute Gasteiger partial charge is 0.399 e. The average Bonchev–Trinajstić information content (AvgIpc) is 2.26. The average molecular weight is 234 g/mol. The standard InChI is InChI=1S/C10H10N4O3/c11-6-1-2-12-7(3-6)10(17)14-4-8(15)13-9(16)5-14/h1-3H,4-5H2,(H2,11,12)(H,13,15,16). The molecule has 2 heterocycles. The highest BCUT2D eigenvalue weighted by molar-refractivity contribution is 6.05. The maximum atomic E-state index is 11.9. The maximum absolute atomic E-state index is 11.9. The Morgan fingerprint density at radius 1 is 1.35 bits per heavy atom. The van der Waals surface area contributed by atoms with Crippen LogP contribution in [-0.2, 0) is 9.59 Å². The number of anilines is 1. The van der Waals surface area contributed by atoms with Gasteiger partial charge in [0, 0.05) is 11.9 Å². The summed E-state index contributed by atoms with van der Waals surface area (Å²) >= 11 is 0. The Morgan fingerprint density at radius 3 is 2.59 bits per heavy atom. The molecular weight excluding hydrogens is 224 g/mol. The van der Waals surface area contributed by atoms with Crippen molar-refractivity contribution in [1.82, 2.24) is 15.2 Å². The first kappa shape index (κ1) is 11.1. The van der Waals surface area contributed by atoms with Crippen LogP contribution >= 0.6 is 0 Å². The minimum atomic E-state index is -0.501. The molecular formula is C10H10N4O3. The summed E-state index contributed by atoms with van der Waals surface area (Å²) in [6.45, 7) is -0.303. The first-order valence-corrected chi connectivity index (χ1v) is 4.90. The van der Waals surface area contributed by atoms with Crippen molar-refractivity contribution in [3.63, 3.8) is 0 Å². The Hall–Kier alpha value is -2.44. The van der Waals surface area contributed by atoms with Crippen LogP contribution in [0.5, 0.6) is 0 Å². The second kappa shape index (κ2) is 4.20. The van der Waals surface area contributed by atoms with Gasteiger partial charge in [-0.15, -0.1) is 0 Å². The molecule has 0 aromatic carbocycles. The SMILES string of the molecule is Nc1ccnc(C(=O)N2CC(=O)NC(=O)C2)c1. The molecule has 0 saturated carbocycles. The molecule has 1 aliphatic heterocycles. The van der Waals surface area contributed by atoms with Crippen molar-refractivity contribution in [3.8, 4) is 0 Å². The lowest BCUT2D eigenvalue weighted by Gasteiger charge is -2.24. The van der Waals surface area contributed by atoms with Gasteiger partial charge in [0.15, 0.2) is 0 Å². The number of imide groups is 1. The second-order valence-corrected chi connectivity index (χ2v) is 3.61. The number of rotatable bonds is 1. The quantitative estimate of drug-likeness (QED) is 0.591. The summed E-state index contributed by atoms with van der Waals surface area (Å²) in [5.41, 5.74) is 6.04. The van der Waals surface area contributed by atoms with E-state index in [2.05, 4.69) is 10.3 Å². The normalized spacial score (nSPS) is 15.6. The van der Waals surface area contributed by atoms with E-state index < -0.39 is 17.7 Å². The Kier molecular flexibility index (Phi) is 2.73. The van der Waals surface area contributed by atoms with Crippen LogP contribution in [0.2, 0.25) is 0 Å². The van der Waals surface area contributed by atoms with Crippen molar-refractivity contribution < 1.29 is 14.4 Å². The van der Waals surface area contributed by atoms with E-state index in [0.29, 0.717) is 5.69 Å².